The lowest BCUT2D eigenvalue weighted by molar-refractivity contribution is -0.143. The van der Waals surface area contributed by atoms with E-state index in [1.165, 1.54) is 0 Å². The molecule has 0 unspecified atom stereocenters. The number of hydrogen-bond donors (Lipinski definition) is 3. The van der Waals surface area contributed by atoms with Crippen molar-refractivity contribution in [2.75, 3.05) is 0 Å². The van der Waals surface area contributed by atoms with Crippen molar-refractivity contribution in [3.63, 3.8) is 0 Å². The summed E-state index contributed by atoms with van der Waals surface area (Å²) in [5.41, 5.74) is 3.30. The summed E-state index contributed by atoms with van der Waals surface area (Å²) in [4.78, 5) is 39.9. The van der Waals surface area contributed by atoms with E-state index in [1.807, 2.05) is 0 Å². The zero-order chi connectivity index (χ0) is 20.7. The predicted molar refractivity (Wildman–Crippen MR) is 105 cm³/mol. The first-order valence-electron chi connectivity index (χ1n) is 9.42. The Bertz CT molecular complexity index is 978. The van der Waals surface area contributed by atoms with Gasteiger partial charge in [0, 0.05) is 5.39 Å². The van der Waals surface area contributed by atoms with Crippen LogP contribution in [0.2, 0.25) is 0 Å². The number of H-pyrrole nitrogens is 1. The molecular formula is C21H26N2O5. The molecule has 1 amide bonds. The Morgan fingerprint density at radius 2 is 1.82 bits per heavy atom. The number of fused-ring (bicyclic) bond motifs is 1. The summed E-state index contributed by atoms with van der Waals surface area (Å²) in [7, 11) is 0. The zero-order valence-electron chi connectivity index (χ0n) is 16.4. The van der Waals surface area contributed by atoms with Crippen molar-refractivity contribution in [1.82, 2.24) is 4.98 Å². The average molecular weight is 386 g/mol. The standard InChI is InChI=1S/C21H26N2O5/c1-20(2,3)12-8-10-21(11-9-12,19(22)27)28-18(26)15-16(24)13-6-4-5-7-14(13)23-17(15)25/h4-7,12H,8-11H2,1-3H3,(H2,22,27)(H2,23,24,25). The third-order valence-electron chi connectivity index (χ3n) is 5.85. The molecular weight excluding hydrogens is 360 g/mol. The molecule has 28 heavy (non-hydrogen) atoms. The lowest BCUT2D eigenvalue weighted by Gasteiger charge is -2.41. The molecule has 0 bridgehead atoms. The third-order valence-corrected chi connectivity index (χ3v) is 5.85. The van der Waals surface area contributed by atoms with Gasteiger partial charge in [0.25, 0.3) is 11.5 Å². The number of pyridine rings is 1. The van der Waals surface area contributed by atoms with Crippen LogP contribution in [0.1, 0.15) is 56.8 Å². The van der Waals surface area contributed by atoms with Gasteiger partial charge in [-0.05, 0) is 49.1 Å². The first-order chi connectivity index (χ1) is 13.0. The molecule has 0 saturated heterocycles. The predicted octanol–water partition coefficient (Wildman–Crippen LogP) is 2.85. The zero-order valence-corrected chi connectivity index (χ0v) is 16.4. The van der Waals surface area contributed by atoms with E-state index >= 15 is 0 Å². The minimum absolute atomic E-state index is 0.0710. The summed E-state index contributed by atoms with van der Waals surface area (Å²) < 4.78 is 5.50. The third kappa shape index (κ3) is 3.48. The molecule has 1 aromatic carbocycles. The smallest absolute Gasteiger partial charge is 0.348 e. The van der Waals surface area contributed by atoms with Crippen molar-refractivity contribution in [2.45, 2.75) is 52.1 Å². The molecule has 7 heteroatoms. The van der Waals surface area contributed by atoms with E-state index in [-0.39, 0.29) is 5.41 Å². The number of aromatic nitrogens is 1. The number of nitrogens with one attached hydrogen (secondary N) is 1. The maximum atomic E-state index is 12.8. The molecule has 0 spiro atoms. The van der Waals surface area contributed by atoms with Crippen molar-refractivity contribution in [3.05, 3.63) is 40.2 Å². The van der Waals surface area contributed by atoms with Gasteiger partial charge in [-0.3, -0.25) is 9.59 Å². The monoisotopic (exact) mass is 386 g/mol. The lowest BCUT2D eigenvalue weighted by Crippen LogP contribution is -2.51. The lowest BCUT2D eigenvalue weighted by atomic mass is 9.68. The van der Waals surface area contributed by atoms with Gasteiger partial charge in [0.2, 0.25) is 0 Å². The van der Waals surface area contributed by atoms with E-state index in [9.17, 15) is 19.5 Å². The number of ether oxygens (including phenoxy) is 1. The number of aromatic amines is 1. The molecule has 4 N–H and O–H groups in total. The second-order valence-corrected chi connectivity index (χ2v) is 8.61. The highest BCUT2D eigenvalue weighted by atomic mass is 16.6. The summed E-state index contributed by atoms with van der Waals surface area (Å²) in [6, 6.07) is 6.57. The largest absolute Gasteiger partial charge is 0.506 e. The van der Waals surface area contributed by atoms with Crippen LogP contribution in [0.4, 0.5) is 0 Å². The van der Waals surface area contributed by atoms with Gasteiger partial charge in [-0.25, -0.2) is 4.79 Å². The average Bonchev–Trinajstić information content (AvgIpc) is 2.61. The highest BCUT2D eigenvalue weighted by Gasteiger charge is 2.46. The van der Waals surface area contributed by atoms with Gasteiger partial charge in [-0.15, -0.1) is 0 Å². The van der Waals surface area contributed by atoms with Crippen molar-refractivity contribution < 1.29 is 19.4 Å². The van der Waals surface area contributed by atoms with Gasteiger partial charge < -0.3 is 20.6 Å². The van der Waals surface area contributed by atoms with Crippen LogP contribution in [-0.4, -0.2) is 27.6 Å². The number of carbonyl (C=O) groups is 2. The number of esters is 1. The van der Waals surface area contributed by atoms with Crippen LogP contribution in [0.5, 0.6) is 5.75 Å². The van der Waals surface area contributed by atoms with Crippen molar-refractivity contribution in [3.8, 4) is 5.75 Å². The van der Waals surface area contributed by atoms with E-state index in [4.69, 9.17) is 10.5 Å². The van der Waals surface area contributed by atoms with Gasteiger partial charge in [-0.2, -0.15) is 0 Å². The SMILES string of the molecule is CC(C)(C)C1CCC(OC(=O)c2c(O)c3ccccc3[nH]c2=O)(C(N)=O)CC1. The molecule has 0 atom stereocenters. The molecule has 2 aromatic rings. The van der Waals surface area contributed by atoms with Gasteiger partial charge in [0.05, 0.1) is 5.52 Å². The summed E-state index contributed by atoms with van der Waals surface area (Å²) in [6.45, 7) is 6.40. The maximum absolute atomic E-state index is 12.8. The van der Waals surface area contributed by atoms with Crippen LogP contribution < -0.4 is 11.3 Å². The summed E-state index contributed by atoms with van der Waals surface area (Å²) >= 11 is 0. The fraction of sp³-hybridized carbons (Fsp3) is 0.476. The number of amides is 1. The van der Waals surface area contributed by atoms with Crippen LogP contribution in [0, 0.1) is 11.3 Å². The highest BCUT2D eigenvalue weighted by Crippen LogP contribution is 2.43. The Hall–Kier alpha value is -2.83. The summed E-state index contributed by atoms with van der Waals surface area (Å²) in [6.07, 6.45) is 1.95. The molecule has 3 rings (SSSR count). The Labute approximate surface area is 162 Å². The van der Waals surface area contributed by atoms with Crippen molar-refractivity contribution >= 4 is 22.8 Å². The van der Waals surface area contributed by atoms with E-state index in [0.29, 0.717) is 42.5 Å². The van der Waals surface area contributed by atoms with Gasteiger partial charge in [-0.1, -0.05) is 32.9 Å². The first-order valence-corrected chi connectivity index (χ1v) is 9.42. The van der Waals surface area contributed by atoms with Crippen LogP contribution in [-0.2, 0) is 9.53 Å². The molecule has 150 valence electrons. The molecule has 1 aromatic heterocycles. The number of primary amides is 1. The van der Waals surface area contributed by atoms with Gasteiger partial charge in [0.15, 0.2) is 11.2 Å². The Morgan fingerprint density at radius 3 is 2.39 bits per heavy atom. The highest BCUT2D eigenvalue weighted by molar-refractivity contribution is 6.00. The normalized spacial score (nSPS) is 22.8. The summed E-state index contributed by atoms with van der Waals surface area (Å²) in [5, 5.41) is 10.8. The second-order valence-electron chi connectivity index (χ2n) is 8.61. The van der Waals surface area contributed by atoms with E-state index < -0.39 is 34.3 Å². The van der Waals surface area contributed by atoms with Crippen LogP contribution in [0.3, 0.4) is 0 Å². The minimum Gasteiger partial charge on any atom is -0.506 e. The molecule has 1 aliphatic rings. The fourth-order valence-corrected chi connectivity index (χ4v) is 3.99. The number of nitrogens with two attached hydrogens (primary N) is 1. The molecule has 1 saturated carbocycles. The Kier molecular flexibility index (Phi) is 4.95. The molecule has 7 nitrogen and oxygen atoms in total. The van der Waals surface area contributed by atoms with E-state index in [1.54, 1.807) is 24.3 Å². The molecule has 0 aliphatic heterocycles. The first kappa shape index (κ1) is 19.9. The van der Waals surface area contributed by atoms with Gasteiger partial charge in [0.1, 0.15) is 5.75 Å². The topological polar surface area (TPSA) is 122 Å². The molecule has 1 aliphatic carbocycles. The number of hydrogen-bond acceptors (Lipinski definition) is 5. The van der Waals surface area contributed by atoms with Crippen LogP contribution in [0.15, 0.2) is 29.1 Å². The summed E-state index contributed by atoms with van der Waals surface area (Å²) in [5.74, 6) is -1.87. The number of aromatic hydroxyl groups is 1. The number of rotatable bonds is 3. The number of benzene rings is 1. The minimum atomic E-state index is -1.47. The quantitative estimate of drug-likeness (QED) is 0.700. The fourth-order valence-electron chi connectivity index (χ4n) is 3.99. The van der Waals surface area contributed by atoms with Crippen molar-refractivity contribution in [1.29, 1.82) is 0 Å². The van der Waals surface area contributed by atoms with Crippen LogP contribution in [0.25, 0.3) is 10.9 Å². The van der Waals surface area contributed by atoms with Gasteiger partial charge >= 0.3 is 5.97 Å². The molecule has 1 heterocycles. The molecule has 0 radical (unpaired) electrons. The Morgan fingerprint density at radius 1 is 1.21 bits per heavy atom. The second kappa shape index (κ2) is 6.96. The number of carbonyl (C=O) groups excluding carboxylic acids is 2. The van der Waals surface area contributed by atoms with Crippen molar-refractivity contribution in [2.24, 2.45) is 17.1 Å². The van der Waals surface area contributed by atoms with E-state index in [0.717, 1.165) is 0 Å². The Balaban J connectivity index is 1.92. The van der Waals surface area contributed by atoms with Crippen LogP contribution >= 0.6 is 0 Å². The number of para-hydroxylation sites is 1. The molecule has 1 fully saturated rings. The van der Waals surface area contributed by atoms with E-state index in [2.05, 4.69) is 25.8 Å². The maximum Gasteiger partial charge on any atom is 0.348 e.